The molecule has 2 N–H and O–H groups in total. The summed E-state index contributed by atoms with van der Waals surface area (Å²) in [6, 6.07) is 14.6. The summed E-state index contributed by atoms with van der Waals surface area (Å²) >= 11 is 0. The Morgan fingerprint density at radius 3 is 2.46 bits per heavy atom. The molecule has 0 saturated heterocycles. The van der Waals surface area contributed by atoms with Crippen molar-refractivity contribution in [1.29, 1.82) is 5.26 Å². The van der Waals surface area contributed by atoms with Crippen molar-refractivity contribution in [2.75, 3.05) is 12.4 Å². The molecule has 122 valence electrons. The lowest BCUT2D eigenvalue weighted by Crippen LogP contribution is -2.16. The SMILES string of the molecule is COc1ccc(NC(=O)/C(C#N)=C\NCc2ccc(F)cc2)cc1. The molecular weight excluding hydrogens is 309 g/mol. The summed E-state index contributed by atoms with van der Waals surface area (Å²) in [5.41, 5.74) is 1.33. The van der Waals surface area contributed by atoms with Gasteiger partial charge in [0.25, 0.3) is 5.91 Å². The Kier molecular flexibility index (Phi) is 5.92. The third-order valence-corrected chi connectivity index (χ3v) is 3.18. The first-order valence-corrected chi connectivity index (χ1v) is 7.16. The highest BCUT2D eigenvalue weighted by Crippen LogP contribution is 2.15. The van der Waals surface area contributed by atoms with Crippen molar-refractivity contribution in [3.05, 3.63) is 71.7 Å². The molecule has 0 aliphatic rings. The van der Waals surface area contributed by atoms with Crippen LogP contribution in [0.15, 0.2) is 60.3 Å². The van der Waals surface area contributed by atoms with Gasteiger partial charge in [0.1, 0.15) is 23.2 Å². The highest BCUT2D eigenvalue weighted by atomic mass is 19.1. The minimum Gasteiger partial charge on any atom is -0.497 e. The monoisotopic (exact) mass is 325 g/mol. The number of benzene rings is 2. The summed E-state index contributed by atoms with van der Waals surface area (Å²) in [4.78, 5) is 12.1. The van der Waals surface area contributed by atoms with Gasteiger partial charge >= 0.3 is 0 Å². The smallest absolute Gasteiger partial charge is 0.267 e. The summed E-state index contributed by atoms with van der Waals surface area (Å²) in [7, 11) is 1.55. The highest BCUT2D eigenvalue weighted by molar-refractivity contribution is 6.06. The van der Waals surface area contributed by atoms with Gasteiger partial charge in [0.2, 0.25) is 0 Å². The molecule has 0 bridgehead atoms. The predicted molar refractivity (Wildman–Crippen MR) is 88.6 cm³/mol. The summed E-state index contributed by atoms with van der Waals surface area (Å²) in [6.07, 6.45) is 1.34. The van der Waals surface area contributed by atoms with E-state index in [1.165, 1.54) is 18.3 Å². The number of ether oxygens (including phenoxy) is 1. The largest absolute Gasteiger partial charge is 0.497 e. The molecular formula is C18H16FN3O2. The second kappa shape index (κ2) is 8.34. The fourth-order valence-electron chi connectivity index (χ4n) is 1.89. The van der Waals surface area contributed by atoms with Crippen molar-refractivity contribution in [1.82, 2.24) is 5.32 Å². The number of nitriles is 1. The molecule has 0 heterocycles. The fourth-order valence-corrected chi connectivity index (χ4v) is 1.89. The van der Waals surface area contributed by atoms with Crippen molar-refractivity contribution < 1.29 is 13.9 Å². The number of rotatable bonds is 6. The van der Waals surface area contributed by atoms with Crippen molar-refractivity contribution in [3.63, 3.8) is 0 Å². The number of anilines is 1. The fraction of sp³-hybridized carbons (Fsp3) is 0.111. The van der Waals surface area contributed by atoms with Gasteiger partial charge < -0.3 is 15.4 Å². The molecule has 0 unspecified atom stereocenters. The molecule has 24 heavy (non-hydrogen) atoms. The van der Waals surface area contributed by atoms with Gasteiger partial charge in [-0.05, 0) is 42.0 Å². The van der Waals surface area contributed by atoms with Crippen molar-refractivity contribution in [2.45, 2.75) is 6.54 Å². The molecule has 0 aliphatic heterocycles. The molecule has 2 rings (SSSR count). The molecule has 0 fully saturated rings. The van der Waals surface area contributed by atoms with Gasteiger partial charge in [-0.15, -0.1) is 0 Å². The van der Waals surface area contributed by atoms with Crippen LogP contribution >= 0.6 is 0 Å². The minimum atomic E-state index is -0.519. The molecule has 5 nitrogen and oxygen atoms in total. The molecule has 0 radical (unpaired) electrons. The molecule has 0 atom stereocenters. The molecule has 0 saturated carbocycles. The molecule has 6 heteroatoms. The minimum absolute atomic E-state index is 0.0621. The quantitative estimate of drug-likeness (QED) is 0.632. The van der Waals surface area contributed by atoms with Gasteiger partial charge in [-0.3, -0.25) is 4.79 Å². The van der Waals surface area contributed by atoms with E-state index in [-0.39, 0.29) is 11.4 Å². The van der Waals surface area contributed by atoms with Crippen LogP contribution in [0.3, 0.4) is 0 Å². The zero-order valence-corrected chi connectivity index (χ0v) is 13.0. The second-order valence-corrected chi connectivity index (χ2v) is 4.86. The molecule has 1 amide bonds. The van der Waals surface area contributed by atoms with E-state index >= 15 is 0 Å². The summed E-state index contributed by atoms with van der Waals surface area (Å²) < 4.78 is 17.9. The van der Waals surface area contributed by atoms with Gasteiger partial charge in [-0.2, -0.15) is 5.26 Å². The van der Waals surface area contributed by atoms with Crippen LogP contribution in [0.4, 0.5) is 10.1 Å². The number of hydrogen-bond donors (Lipinski definition) is 2. The number of nitrogens with zero attached hydrogens (tertiary/aromatic N) is 1. The van der Waals surface area contributed by atoms with Crippen LogP contribution in [0.1, 0.15) is 5.56 Å². The van der Waals surface area contributed by atoms with Crippen molar-refractivity contribution >= 4 is 11.6 Å². The van der Waals surface area contributed by atoms with Crippen LogP contribution < -0.4 is 15.4 Å². The molecule has 0 aliphatic carbocycles. The first-order chi connectivity index (χ1) is 11.6. The lowest BCUT2D eigenvalue weighted by molar-refractivity contribution is -0.112. The summed E-state index contributed by atoms with van der Waals surface area (Å²) in [5.74, 6) is -0.162. The predicted octanol–water partition coefficient (Wildman–Crippen LogP) is 2.97. The Bertz CT molecular complexity index is 762. The van der Waals surface area contributed by atoms with Gasteiger partial charge in [-0.25, -0.2) is 4.39 Å². The maximum absolute atomic E-state index is 12.8. The number of carbonyl (C=O) groups excluding carboxylic acids is 1. The summed E-state index contributed by atoms with van der Waals surface area (Å²) in [6.45, 7) is 0.376. The molecule has 2 aromatic carbocycles. The number of methoxy groups -OCH3 is 1. The van der Waals surface area contributed by atoms with E-state index in [0.717, 1.165) is 5.56 Å². The van der Waals surface area contributed by atoms with Crippen LogP contribution in [0.25, 0.3) is 0 Å². The van der Waals surface area contributed by atoms with Gasteiger partial charge in [0.15, 0.2) is 0 Å². The van der Waals surface area contributed by atoms with E-state index in [4.69, 9.17) is 10.00 Å². The maximum Gasteiger partial charge on any atom is 0.267 e. The third kappa shape index (κ3) is 4.85. The highest BCUT2D eigenvalue weighted by Gasteiger charge is 2.09. The van der Waals surface area contributed by atoms with Gasteiger partial charge in [-0.1, -0.05) is 12.1 Å². The maximum atomic E-state index is 12.8. The van der Waals surface area contributed by atoms with E-state index in [2.05, 4.69) is 10.6 Å². The first-order valence-electron chi connectivity index (χ1n) is 7.16. The third-order valence-electron chi connectivity index (χ3n) is 3.18. The molecule has 0 spiro atoms. The van der Waals surface area contributed by atoms with Crippen LogP contribution in [-0.2, 0) is 11.3 Å². The van der Waals surface area contributed by atoms with Crippen molar-refractivity contribution in [2.24, 2.45) is 0 Å². The van der Waals surface area contributed by atoms with E-state index in [1.54, 1.807) is 43.5 Å². The number of hydrogen-bond acceptors (Lipinski definition) is 4. The second-order valence-electron chi connectivity index (χ2n) is 4.86. The van der Waals surface area contributed by atoms with Crippen LogP contribution in [0, 0.1) is 17.1 Å². The van der Waals surface area contributed by atoms with Crippen LogP contribution in [-0.4, -0.2) is 13.0 Å². The van der Waals surface area contributed by atoms with E-state index < -0.39 is 5.91 Å². The lowest BCUT2D eigenvalue weighted by atomic mass is 10.2. The van der Waals surface area contributed by atoms with E-state index in [0.29, 0.717) is 18.0 Å². The molecule has 2 aromatic rings. The van der Waals surface area contributed by atoms with Gasteiger partial charge in [0.05, 0.1) is 7.11 Å². The van der Waals surface area contributed by atoms with Crippen LogP contribution in [0.5, 0.6) is 5.75 Å². The van der Waals surface area contributed by atoms with Gasteiger partial charge in [0, 0.05) is 18.4 Å². The molecule has 0 aromatic heterocycles. The first kappa shape index (κ1) is 17.0. The average molecular weight is 325 g/mol. The summed E-state index contributed by atoms with van der Waals surface area (Å²) in [5, 5.41) is 14.6. The normalized spacial score (nSPS) is 10.6. The number of carbonyl (C=O) groups is 1. The van der Waals surface area contributed by atoms with Crippen molar-refractivity contribution in [3.8, 4) is 11.8 Å². The van der Waals surface area contributed by atoms with Crippen LogP contribution in [0.2, 0.25) is 0 Å². The Hall–Kier alpha value is -3.33. The Morgan fingerprint density at radius 2 is 1.88 bits per heavy atom. The number of nitrogens with one attached hydrogen (secondary N) is 2. The Labute approximate surface area is 139 Å². The average Bonchev–Trinajstić information content (AvgIpc) is 2.61. The lowest BCUT2D eigenvalue weighted by Gasteiger charge is -2.06. The Balaban J connectivity index is 1.94. The zero-order chi connectivity index (χ0) is 17.4. The van der Waals surface area contributed by atoms with E-state index in [1.807, 2.05) is 6.07 Å². The van der Waals surface area contributed by atoms with E-state index in [9.17, 15) is 9.18 Å². The zero-order valence-electron chi connectivity index (χ0n) is 13.0. The standard InChI is InChI=1S/C18H16FN3O2/c1-24-17-8-6-16(7-9-17)22-18(23)14(10-20)12-21-11-13-2-4-15(19)5-3-13/h2-9,12,21H,11H2,1H3,(H,22,23)/b14-12-. The topological polar surface area (TPSA) is 74.1 Å². The number of halogens is 1. The number of amides is 1. The Morgan fingerprint density at radius 1 is 1.21 bits per heavy atom.